The van der Waals surface area contributed by atoms with Crippen LogP contribution in [0.3, 0.4) is 0 Å². The summed E-state index contributed by atoms with van der Waals surface area (Å²) < 4.78 is 10.8. The van der Waals surface area contributed by atoms with Gasteiger partial charge in [-0.1, -0.05) is 18.9 Å². The number of hydrogen-bond acceptors (Lipinski definition) is 4. The molecule has 6 nitrogen and oxygen atoms in total. The van der Waals surface area contributed by atoms with Crippen LogP contribution in [0, 0.1) is 0 Å². The smallest absolute Gasteiger partial charge is 0.231 e. The van der Waals surface area contributed by atoms with Crippen LogP contribution in [0.1, 0.15) is 31.2 Å². The standard InChI is InChI=1S/C19H30N4O2.HI/c1-20-19(21-10-11-22(2)16-6-4-5-7-16)23(3)13-15-8-9-17-18(12-15)25-14-24-17;/h8-9,12,16H,4-7,10-11,13-14H2,1-3H3,(H,20,21);1H. The molecule has 7 heteroatoms. The van der Waals surface area contributed by atoms with E-state index in [1.807, 2.05) is 19.2 Å². The van der Waals surface area contributed by atoms with Crippen LogP contribution < -0.4 is 14.8 Å². The number of nitrogens with zero attached hydrogens (tertiary/aromatic N) is 3. The van der Waals surface area contributed by atoms with Gasteiger partial charge in [-0.3, -0.25) is 4.99 Å². The number of guanidine groups is 1. The highest BCUT2D eigenvalue weighted by molar-refractivity contribution is 14.0. The van der Waals surface area contributed by atoms with Gasteiger partial charge in [0, 0.05) is 39.8 Å². The van der Waals surface area contributed by atoms with E-state index in [1.54, 1.807) is 0 Å². The zero-order valence-corrected chi connectivity index (χ0v) is 18.4. The molecule has 1 aliphatic carbocycles. The Morgan fingerprint density at radius 3 is 2.65 bits per heavy atom. The number of rotatable bonds is 6. The number of likely N-dealkylation sites (N-methyl/N-ethyl adjacent to an activating group) is 1. The van der Waals surface area contributed by atoms with Crippen LogP contribution in [0.4, 0.5) is 0 Å². The minimum Gasteiger partial charge on any atom is -0.454 e. The van der Waals surface area contributed by atoms with Crippen molar-refractivity contribution in [2.45, 2.75) is 38.3 Å². The van der Waals surface area contributed by atoms with Crippen LogP contribution in [0.25, 0.3) is 0 Å². The van der Waals surface area contributed by atoms with E-state index in [9.17, 15) is 0 Å². The fraction of sp³-hybridized carbons (Fsp3) is 0.632. The molecule has 1 aliphatic heterocycles. The lowest BCUT2D eigenvalue weighted by atomic mass is 10.2. The summed E-state index contributed by atoms with van der Waals surface area (Å²) in [6.07, 6.45) is 5.44. The largest absolute Gasteiger partial charge is 0.454 e. The summed E-state index contributed by atoms with van der Waals surface area (Å²) >= 11 is 0. The Kier molecular flexibility index (Phi) is 8.27. The van der Waals surface area contributed by atoms with Gasteiger partial charge in [0.25, 0.3) is 0 Å². The van der Waals surface area contributed by atoms with Gasteiger partial charge in [-0.25, -0.2) is 0 Å². The Balaban J connectivity index is 0.00000243. The van der Waals surface area contributed by atoms with Crippen molar-refractivity contribution >= 4 is 29.9 Å². The van der Waals surface area contributed by atoms with E-state index in [0.29, 0.717) is 6.79 Å². The molecule has 1 N–H and O–H groups in total. The van der Waals surface area contributed by atoms with Crippen LogP contribution >= 0.6 is 24.0 Å². The zero-order valence-electron chi connectivity index (χ0n) is 16.0. The Morgan fingerprint density at radius 1 is 1.19 bits per heavy atom. The SMILES string of the molecule is CN=C(NCCN(C)C1CCCC1)N(C)Cc1ccc2c(c1)OCO2.I. The molecule has 0 spiro atoms. The van der Waals surface area contributed by atoms with Crippen molar-refractivity contribution in [2.75, 3.05) is 41.0 Å². The molecule has 1 aromatic rings. The fourth-order valence-electron chi connectivity index (χ4n) is 3.64. The molecule has 1 aromatic carbocycles. The predicted molar refractivity (Wildman–Crippen MR) is 116 cm³/mol. The van der Waals surface area contributed by atoms with Gasteiger partial charge in [0.1, 0.15) is 0 Å². The van der Waals surface area contributed by atoms with Crippen molar-refractivity contribution in [3.63, 3.8) is 0 Å². The molecule has 0 bridgehead atoms. The maximum Gasteiger partial charge on any atom is 0.231 e. The third-order valence-corrected chi connectivity index (χ3v) is 5.13. The molecular formula is C19H31IN4O2. The summed E-state index contributed by atoms with van der Waals surface area (Å²) in [7, 11) is 6.12. The summed E-state index contributed by atoms with van der Waals surface area (Å²) in [6.45, 7) is 3.04. The molecular weight excluding hydrogens is 443 g/mol. The lowest BCUT2D eigenvalue weighted by molar-refractivity contribution is 0.174. The highest BCUT2D eigenvalue weighted by Gasteiger charge is 2.19. The molecule has 0 unspecified atom stereocenters. The Morgan fingerprint density at radius 2 is 1.92 bits per heavy atom. The van der Waals surface area contributed by atoms with Gasteiger partial charge in [0.05, 0.1) is 0 Å². The lowest BCUT2D eigenvalue weighted by Crippen LogP contribution is -2.43. The summed E-state index contributed by atoms with van der Waals surface area (Å²) in [4.78, 5) is 9.02. The first-order valence-corrected chi connectivity index (χ1v) is 9.18. The Hall–Kier alpha value is -1.22. The molecule has 3 rings (SSSR count). The number of hydrogen-bond donors (Lipinski definition) is 1. The zero-order chi connectivity index (χ0) is 17.6. The van der Waals surface area contributed by atoms with E-state index in [2.05, 4.69) is 40.3 Å². The molecule has 2 aliphatic rings. The molecule has 0 atom stereocenters. The van der Waals surface area contributed by atoms with Crippen LogP contribution in [0.15, 0.2) is 23.2 Å². The van der Waals surface area contributed by atoms with Gasteiger partial charge in [0.2, 0.25) is 6.79 Å². The number of fused-ring (bicyclic) bond motifs is 1. The van der Waals surface area contributed by atoms with Crippen molar-refractivity contribution < 1.29 is 9.47 Å². The van der Waals surface area contributed by atoms with Gasteiger partial charge in [0.15, 0.2) is 17.5 Å². The van der Waals surface area contributed by atoms with Crippen LogP contribution in [-0.2, 0) is 6.54 Å². The summed E-state index contributed by atoms with van der Waals surface area (Å²) in [6, 6.07) is 6.85. The van der Waals surface area contributed by atoms with Gasteiger partial charge in [-0.15, -0.1) is 24.0 Å². The molecule has 0 amide bonds. The average Bonchev–Trinajstić information content (AvgIpc) is 3.29. The van der Waals surface area contributed by atoms with Crippen molar-refractivity contribution in [3.05, 3.63) is 23.8 Å². The highest BCUT2D eigenvalue weighted by atomic mass is 127. The third kappa shape index (κ3) is 5.39. The van der Waals surface area contributed by atoms with Crippen LogP contribution in [-0.4, -0.2) is 62.8 Å². The van der Waals surface area contributed by atoms with E-state index in [4.69, 9.17) is 9.47 Å². The molecule has 1 fully saturated rings. The molecule has 0 aromatic heterocycles. The van der Waals surface area contributed by atoms with E-state index in [-0.39, 0.29) is 24.0 Å². The first kappa shape index (κ1) is 21.1. The lowest BCUT2D eigenvalue weighted by Gasteiger charge is -2.26. The quantitative estimate of drug-likeness (QED) is 0.391. The first-order valence-electron chi connectivity index (χ1n) is 9.18. The minimum atomic E-state index is 0. The minimum absolute atomic E-state index is 0. The Bertz CT molecular complexity index is 605. The van der Waals surface area contributed by atoms with E-state index >= 15 is 0 Å². The molecule has 146 valence electrons. The normalized spacial score (nSPS) is 16.7. The van der Waals surface area contributed by atoms with Crippen molar-refractivity contribution in [2.24, 2.45) is 4.99 Å². The maximum atomic E-state index is 5.46. The number of ether oxygens (including phenoxy) is 2. The second kappa shape index (κ2) is 10.2. The van der Waals surface area contributed by atoms with E-state index < -0.39 is 0 Å². The topological polar surface area (TPSA) is 49.3 Å². The first-order chi connectivity index (χ1) is 12.2. The van der Waals surface area contributed by atoms with Crippen molar-refractivity contribution in [3.8, 4) is 11.5 Å². The summed E-state index contributed by atoms with van der Waals surface area (Å²) in [5.41, 5.74) is 1.18. The molecule has 1 saturated carbocycles. The molecule has 0 saturated heterocycles. The fourth-order valence-corrected chi connectivity index (χ4v) is 3.64. The molecule has 1 heterocycles. The average molecular weight is 474 g/mol. The van der Waals surface area contributed by atoms with Crippen LogP contribution in [0.5, 0.6) is 11.5 Å². The highest BCUT2D eigenvalue weighted by Crippen LogP contribution is 2.32. The van der Waals surface area contributed by atoms with Crippen molar-refractivity contribution in [1.29, 1.82) is 0 Å². The number of aliphatic imine (C=N–C) groups is 1. The Labute approximate surface area is 173 Å². The predicted octanol–water partition coefficient (Wildman–Crippen LogP) is 2.91. The molecule has 26 heavy (non-hydrogen) atoms. The van der Waals surface area contributed by atoms with Gasteiger partial charge >= 0.3 is 0 Å². The monoisotopic (exact) mass is 474 g/mol. The molecule has 0 radical (unpaired) electrons. The number of benzene rings is 1. The van der Waals surface area contributed by atoms with E-state index in [0.717, 1.165) is 43.1 Å². The summed E-state index contributed by atoms with van der Waals surface area (Å²) in [5.74, 6) is 2.56. The number of halogens is 1. The third-order valence-electron chi connectivity index (χ3n) is 5.13. The second-order valence-electron chi connectivity index (χ2n) is 6.94. The second-order valence-corrected chi connectivity index (χ2v) is 6.94. The van der Waals surface area contributed by atoms with Gasteiger partial charge in [-0.2, -0.15) is 0 Å². The van der Waals surface area contributed by atoms with E-state index in [1.165, 1.54) is 31.2 Å². The van der Waals surface area contributed by atoms with Crippen molar-refractivity contribution in [1.82, 2.24) is 15.1 Å². The van der Waals surface area contributed by atoms with Gasteiger partial charge < -0.3 is 24.6 Å². The van der Waals surface area contributed by atoms with Gasteiger partial charge in [-0.05, 0) is 37.6 Å². The van der Waals surface area contributed by atoms with Crippen LogP contribution in [0.2, 0.25) is 0 Å². The number of nitrogens with one attached hydrogen (secondary N) is 1. The maximum absolute atomic E-state index is 5.46. The summed E-state index contributed by atoms with van der Waals surface area (Å²) in [5, 5.41) is 3.47.